The second-order valence-corrected chi connectivity index (χ2v) is 10.1. The van der Waals surface area contributed by atoms with Crippen molar-refractivity contribution in [3.63, 3.8) is 0 Å². The first kappa shape index (κ1) is 25.5. The van der Waals surface area contributed by atoms with Crippen LogP contribution < -0.4 is 10.1 Å². The molecule has 4 heteroatoms. The van der Waals surface area contributed by atoms with Gasteiger partial charge in [-0.1, -0.05) is 50.6 Å². The van der Waals surface area contributed by atoms with Gasteiger partial charge in [0, 0.05) is 17.5 Å². The molecule has 2 aromatic carbocycles. The lowest BCUT2D eigenvalue weighted by atomic mass is 9.81. The van der Waals surface area contributed by atoms with E-state index in [0.29, 0.717) is 29.2 Å². The normalized spacial score (nSPS) is 23.7. The summed E-state index contributed by atoms with van der Waals surface area (Å²) in [7, 11) is 1.60. The third kappa shape index (κ3) is 6.15. The molecule has 3 aliphatic rings. The predicted octanol–water partition coefficient (Wildman–Crippen LogP) is 7.23. The van der Waals surface area contributed by atoms with Gasteiger partial charge < -0.3 is 10.1 Å². The molecule has 2 fully saturated rings. The van der Waals surface area contributed by atoms with Crippen LogP contribution in [-0.4, -0.2) is 19.1 Å². The fraction of sp³-hybridized carbons (Fsp3) is 0.516. The molecule has 3 unspecified atom stereocenters. The number of halogens is 1. The van der Waals surface area contributed by atoms with E-state index in [1.807, 2.05) is 19.9 Å². The van der Waals surface area contributed by atoms with Gasteiger partial charge in [-0.25, -0.2) is 4.39 Å². The summed E-state index contributed by atoms with van der Waals surface area (Å²) in [5.41, 5.74) is 4.89. The van der Waals surface area contributed by atoms with Crippen molar-refractivity contribution in [1.29, 1.82) is 0 Å². The standard InChI is InChI=1S/C29H34FNO2.C2H6/c1-33-27-13-14-28(30)25(18-27)8-6-19-5-7-22-16-23(10-9-21(22)15-19)24-11-12-26(17-24)31-29(32)20-3-2-4-20;1-2/h6,8-10,13-14,16,18-20,24,26H,2-5,7,11-12,15,17H2,1H3,(H,31,32);1-2H3/b8-6+;. The summed E-state index contributed by atoms with van der Waals surface area (Å²) in [4.78, 5) is 12.3. The minimum absolute atomic E-state index is 0.216. The first-order valence-electron chi connectivity index (χ1n) is 13.5. The Morgan fingerprint density at radius 2 is 1.86 bits per heavy atom. The van der Waals surface area contributed by atoms with Crippen molar-refractivity contribution in [3.05, 3.63) is 70.5 Å². The summed E-state index contributed by atoms with van der Waals surface area (Å²) in [6.45, 7) is 4.00. The Labute approximate surface area is 210 Å². The highest BCUT2D eigenvalue weighted by Crippen LogP contribution is 2.38. The van der Waals surface area contributed by atoms with Crippen LogP contribution >= 0.6 is 0 Å². The largest absolute Gasteiger partial charge is 0.497 e. The van der Waals surface area contributed by atoms with E-state index < -0.39 is 0 Å². The Morgan fingerprint density at radius 3 is 2.60 bits per heavy atom. The van der Waals surface area contributed by atoms with Gasteiger partial charge in [0.25, 0.3) is 0 Å². The second-order valence-electron chi connectivity index (χ2n) is 10.1. The summed E-state index contributed by atoms with van der Waals surface area (Å²) in [5, 5.41) is 3.31. The zero-order chi connectivity index (χ0) is 24.8. The second kappa shape index (κ2) is 11.9. The van der Waals surface area contributed by atoms with E-state index in [4.69, 9.17) is 4.74 Å². The van der Waals surface area contributed by atoms with E-state index in [-0.39, 0.29) is 17.6 Å². The molecule has 3 nitrogen and oxygen atoms in total. The molecule has 2 saturated carbocycles. The van der Waals surface area contributed by atoms with Crippen LogP contribution in [0.5, 0.6) is 5.75 Å². The number of carbonyl (C=O) groups is 1. The Hall–Kier alpha value is -2.62. The first-order valence-corrected chi connectivity index (χ1v) is 13.5. The van der Waals surface area contributed by atoms with Crippen LogP contribution in [-0.2, 0) is 17.6 Å². The highest BCUT2D eigenvalue weighted by atomic mass is 19.1. The minimum Gasteiger partial charge on any atom is -0.497 e. The fourth-order valence-corrected chi connectivity index (χ4v) is 5.64. The molecule has 0 aliphatic heterocycles. The van der Waals surface area contributed by atoms with E-state index in [2.05, 4.69) is 29.6 Å². The molecule has 35 heavy (non-hydrogen) atoms. The predicted molar refractivity (Wildman–Crippen MR) is 141 cm³/mol. The number of nitrogens with one attached hydrogen (secondary N) is 1. The average Bonchev–Trinajstić information content (AvgIpc) is 3.31. The Bertz CT molecular complexity index is 1040. The molecule has 0 heterocycles. The summed E-state index contributed by atoms with van der Waals surface area (Å²) in [6.07, 6.45) is 13.9. The number of benzene rings is 2. The molecule has 5 rings (SSSR count). The van der Waals surface area contributed by atoms with Crippen LogP contribution in [0.3, 0.4) is 0 Å². The first-order chi connectivity index (χ1) is 17.1. The quantitative estimate of drug-likeness (QED) is 0.476. The van der Waals surface area contributed by atoms with E-state index in [1.54, 1.807) is 19.2 Å². The monoisotopic (exact) mass is 477 g/mol. The third-order valence-corrected chi connectivity index (χ3v) is 7.97. The number of carbonyl (C=O) groups excluding carboxylic acids is 1. The molecule has 2 aromatic rings. The molecule has 0 aromatic heterocycles. The van der Waals surface area contributed by atoms with Crippen LogP contribution in [0.15, 0.2) is 42.5 Å². The van der Waals surface area contributed by atoms with Gasteiger partial charge in [0.05, 0.1) is 7.11 Å². The molecule has 1 N–H and O–H groups in total. The number of allylic oxidation sites excluding steroid dienone is 1. The summed E-state index contributed by atoms with van der Waals surface area (Å²) < 4.78 is 19.3. The van der Waals surface area contributed by atoms with Gasteiger partial charge in [0.2, 0.25) is 5.91 Å². The summed E-state index contributed by atoms with van der Waals surface area (Å²) >= 11 is 0. The van der Waals surface area contributed by atoms with Gasteiger partial charge >= 0.3 is 0 Å². The number of aryl methyl sites for hydroxylation is 1. The summed E-state index contributed by atoms with van der Waals surface area (Å²) in [5.74, 6) is 1.99. The van der Waals surface area contributed by atoms with Crippen LogP contribution in [0, 0.1) is 17.7 Å². The van der Waals surface area contributed by atoms with Gasteiger partial charge in [0.1, 0.15) is 11.6 Å². The van der Waals surface area contributed by atoms with Crippen molar-refractivity contribution in [2.24, 2.45) is 11.8 Å². The maximum absolute atomic E-state index is 14.1. The lowest BCUT2D eigenvalue weighted by Crippen LogP contribution is -2.39. The number of hydrogen-bond donors (Lipinski definition) is 1. The van der Waals surface area contributed by atoms with Gasteiger partial charge in [-0.3, -0.25) is 4.79 Å². The van der Waals surface area contributed by atoms with Gasteiger partial charge in [-0.05, 0) is 98.1 Å². The van der Waals surface area contributed by atoms with Crippen molar-refractivity contribution < 1.29 is 13.9 Å². The summed E-state index contributed by atoms with van der Waals surface area (Å²) in [6, 6.07) is 12.2. The van der Waals surface area contributed by atoms with E-state index in [0.717, 1.165) is 51.4 Å². The van der Waals surface area contributed by atoms with E-state index in [9.17, 15) is 9.18 Å². The van der Waals surface area contributed by atoms with Crippen molar-refractivity contribution in [1.82, 2.24) is 5.32 Å². The number of amides is 1. The molecule has 3 atom stereocenters. The molecule has 0 bridgehead atoms. The molecule has 0 saturated heterocycles. The third-order valence-electron chi connectivity index (χ3n) is 7.97. The fourth-order valence-electron chi connectivity index (χ4n) is 5.64. The SMILES string of the molecule is CC.COc1ccc(F)c(/C=C/C2CCc3cc(C4CCC(NC(=O)C5CCC5)C4)ccc3C2)c1. The smallest absolute Gasteiger partial charge is 0.223 e. The lowest BCUT2D eigenvalue weighted by molar-refractivity contribution is -0.128. The van der Waals surface area contributed by atoms with Crippen LogP contribution in [0.1, 0.15) is 87.0 Å². The van der Waals surface area contributed by atoms with Gasteiger partial charge in [-0.15, -0.1) is 0 Å². The Balaban J connectivity index is 0.00000141. The molecule has 0 spiro atoms. The van der Waals surface area contributed by atoms with Gasteiger partial charge in [0.15, 0.2) is 0 Å². The zero-order valence-electron chi connectivity index (χ0n) is 21.5. The Kier molecular flexibility index (Phi) is 8.64. The maximum atomic E-state index is 14.1. The number of rotatable bonds is 6. The highest BCUT2D eigenvalue weighted by Gasteiger charge is 2.31. The van der Waals surface area contributed by atoms with Crippen molar-refractivity contribution in [2.75, 3.05) is 7.11 Å². The van der Waals surface area contributed by atoms with Crippen LogP contribution in [0.25, 0.3) is 6.08 Å². The van der Waals surface area contributed by atoms with Crippen molar-refractivity contribution >= 4 is 12.0 Å². The maximum Gasteiger partial charge on any atom is 0.223 e. The lowest BCUT2D eigenvalue weighted by Gasteiger charge is -2.26. The average molecular weight is 478 g/mol. The molecular weight excluding hydrogens is 437 g/mol. The molecule has 0 radical (unpaired) electrons. The van der Waals surface area contributed by atoms with Crippen molar-refractivity contribution in [2.45, 2.75) is 83.6 Å². The van der Waals surface area contributed by atoms with E-state index >= 15 is 0 Å². The number of methoxy groups -OCH3 is 1. The molecule has 3 aliphatic carbocycles. The Morgan fingerprint density at radius 1 is 1.03 bits per heavy atom. The van der Waals surface area contributed by atoms with Crippen LogP contribution in [0.2, 0.25) is 0 Å². The zero-order valence-corrected chi connectivity index (χ0v) is 21.5. The van der Waals surface area contributed by atoms with Crippen LogP contribution in [0.4, 0.5) is 4.39 Å². The van der Waals surface area contributed by atoms with Crippen molar-refractivity contribution in [3.8, 4) is 5.75 Å². The number of ether oxygens (including phenoxy) is 1. The minimum atomic E-state index is -0.216. The topological polar surface area (TPSA) is 38.3 Å². The molecule has 188 valence electrons. The van der Waals surface area contributed by atoms with Gasteiger partial charge in [-0.2, -0.15) is 0 Å². The highest BCUT2D eigenvalue weighted by molar-refractivity contribution is 5.79. The number of fused-ring (bicyclic) bond motifs is 1. The van der Waals surface area contributed by atoms with E-state index in [1.165, 1.54) is 29.2 Å². The number of hydrogen-bond acceptors (Lipinski definition) is 2. The molecular formula is C31H40FNO2. The molecule has 1 amide bonds.